The van der Waals surface area contributed by atoms with Crippen LogP contribution in [0, 0.1) is 17.8 Å². The molecule has 0 radical (unpaired) electrons. The molecule has 0 N–H and O–H groups in total. The van der Waals surface area contributed by atoms with E-state index in [9.17, 15) is 8.42 Å². The molecule has 1 unspecified atom stereocenters. The van der Waals surface area contributed by atoms with E-state index in [0.717, 1.165) is 42.5 Å². The lowest BCUT2D eigenvalue weighted by Crippen LogP contribution is -2.46. The highest BCUT2D eigenvalue weighted by Gasteiger charge is 2.42. The second-order valence-corrected chi connectivity index (χ2v) is 12.3. The van der Waals surface area contributed by atoms with Crippen molar-refractivity contribution in [3.05, 3.63) is 71.3 Å². The summed E-state index contributed by atoms with van der Waals surface area (Å²) < 4.78 is 29.6. The predicted molar refractivity (Wildman–Crippen MR) is 124 cm³/mol. The first-order valence-electron chi connectivity index (χ1n) is 10.9. The van der Waals surface area contributed by atoms with Gasteiger partial charge in [-0.3, -0.25) is 4.31 Å². The summed E-state index contributed by atoms with van der Waals surface area (Å²) in [5.74, 6) is 0. The lowest BCUT2D eigenvalue weighted by atomic mass is 9.65. The fourth-order valence-electron chi connectivity index (χ4n) is 5.64. The van der Waals surface area contributed by atoms with Gasteiger partial charge in [0.25, 0.3) is 10.0 Å². The van der Waals surface area contributed by atoms with Gasteiger partial charge in [0.15, 0.2) is 0 Å². The van der Waals surface area contributed by atoms with Crippen LogP contribution < -0.4 is 4.31 Å². The van der Waals surface area contributed by atoms with Crippen molar-refractivity contribution in [2.75, 3.05) is 4.31 Å². The first kappa shape index (κ1) is 21.2. The van der Waals surface area contributed by atoms with Gasteiger partial charge in [0.1, 0.15) is 0 Å². The Labute approximate surface area is 181 Å². The third-order valence-corrected chi connectivity index (χ3v) is 8.23. The Bertz CT molecular complexity index is 1080. The fraction of sp³-hybridized carbons (Fsp3) is 0.462. The molecule has 2 aliphatic rings. The molecule has 0 saturated carbocycles. The van der Waals surface area contributed by atoms with Crippen molar-refractivity contribution in [2.45, 2.75) is 71.2 Å². The molecule has 3 nitrogen and oxygen atoms in total. The predicted octanol–water partition coefficient (Wildman–Crippen LogP) is 6.28. The van der Waals surface area contributed by atoms with E-state index in [1.54, 1.807) is 16.4 Å². The molecule has 1 aliphatic carbocycles. The van der Waals surface area contributed by atoms with Crippen LogP contribution in [0.3, 0.4) is 0 Å². The number of fused-ring (bicyclic) bond motifs is 1. The molecule has 160 valence electrons. The molecule has 2 aromatic rings. The highest BCUT2D eigenvalue weighted by atomic mass is 32.2. The SMILES string of the molecule is Cc1ccc(S(=O)(=O)N2c3ccccc3CCC2C2=CC(C)(C)CC(C)(C)C2)cc1. The Morgan fingerprint density at radius 3 is 2.30 bits per heavy atom. The molecule has 0 saturated heterocycles. The van der Waals surface area contributed by atoms with Crippen LogP contribution in [-0.4, -0.2) is 14.5 Å². The lowest BCUT2D eigenvalue weighted by molar-refractivity contribution is 0.209. The minimum Gasteiger partial charge on any atom is -0.259 e. The van der Waals surface area contributed by atoms with Gasteiger partial charge >= 0.3 is 0 Å². The van der Waals surface area contributed by atoms with E-state index >= 15 is 0 Å². The molecular formula is C26H33NO2S. The molecule has 0 aromatic heterocycles. The van der Waals surface area contributed by atoms with Crippen molar-refractivity contribution in [3.8, 4) is 0 Å². The number of nitrogens with zero attached hydrogens (tertiary/aromatic N) is 1. The van der Waals surface area contributed by atoms with E-state index in [1.807, 2.05) is 37.3 Å². The minimum absolute atomic E-state index is 0.0628. The number of aryl methyl sites for hydroxylation is 2. The molecular weight excluding hydrogens is 390 g/mol. The number of benzene rings is 2. The summed E-state index contributed by atoms with van der Waals surface area (Å²) in [5, 5.41) is 0. The van der Waals surface area contributed by atoms with Gasteiger partial charge in [0, 0.05) is 0 Å². The van der Waals surface area contributed by atoms with Gasteiger partial charge in [-0.05, 0) is 72.8 Å². The quantitative estimate of drug-likeness (QED) is 0.545. The largest absolute Gasteiger partial charge is 0.264 e. The van der Waals surface area contributed by atoms with Crippen LogP contribution in [0.1, 0.15) is 58.1 Å². The van der Waals surface area contributed by atoms with E-state index in [1.165, 1.54) is 5.57 Å². The zero-order chi connectivity index (χ0) is 21.7. The van der Waals surface area contributed by atoms with Crippen molar-refractivity contribution >= 4 is 15.7 Å². The Kier molecular flexibility index (Phi) is 5.13. The van der Waals surface area contributed by atoms with Gasteiger partial charge in [0.2, 0.25) is 0 Å². The lowest BCUT2D eigenvalue weighted by Gasteiger charge is -2.45. The van der Waals surface area contributed by atoms with E-state index < -0.39 is 10.0 Å². The zero-order valence-corrected chi connectivity index (χ0v) is 19.6. The van der Waals surface area contributed by atoms with Crippen LogP contribution in [0.25, 0.3) is 0 Å². The molecule has 1 aliphatic heterocycles. The average Bonchev–Trinajstić information content (AvgIpc) is 2.65. The summed E-state index contributed by atoms with van der Waals surface area (Å²) >= 11 is 0. The highest BCUT2D eigenvalue weighted by molar-refractivity contribution is 7.92. The molecule has 30 heavy (non-hydrogen) atoms. The van der Waals surface area contributed by atoms with Crippen molar-refractivity contribution in [1.82, 2.24) is 0 Å². The Hall–Kier alpha value is -2.07. The standard InChI is InChI=1S/C26H33NO2S/c1-19-10-13-22(14-11-19)30(28,29)27-23-9-7-6-8-20(23)12-15-24(27)21-16-25(2,3)18-26(4,5)17-21/h6-11,13-14,16,24H,12,15,17-18H2,1-5H3. The van der Waals surface area contributed by atoms with Gasteiger partial charge in [-0.15, -0.1) is 0 Å². The smallest absolute Gasteiger partial charge is 0.259 e. The van der Waals surface area contributed by atoms with Crippen LogP contribution in [0.5, 0.6) is 0 Å². The van der Waals surface area contributed by atoms with Crippen molar-refractivity contribution in [2.24, 2.45) is 10.8 Å². The molecule has 1 atom stereocenters. The number of sulfonamides is 1. The highest BCUT2D eigenvalue weighted by Crippen LogP contribution is 2.48. The van der Waals surface area contributed by atoms with Crippen molar-refractivity contribution in [1.29, 1.82) is 0 Å². The third kappa shape index (κ3) is 3.94. The summed E-state index contributed by atoms with van der Waals surface area (Å²) in [4.78, 5) is 0.365. The maximum absolute atomic E-state index is 13.9. The molecule has 0 bridgehead atoms. The minimum atomic E-state index is -3.67. The fourth-order valence-corrected chi connectivity index (χ4v) is 7.36. The van der Waals surface area contributed by atoms with E-state index in [0.29, 0.717) is 4.90 Å². The van der Waals surface area contributed by atoms with Crippen LogP contribution in [-0.2, 0) is 16.4 Å². The van der Waals surface area contributed by atoms with Gasteiger partial charge in [-0.2, -0.15) is 0 Å². The maximum atomic E-state index is 13.9. The maximum Gasteiger partial charge on any atom is 0.264 e. The molecule has 0 fully saturated rings. The number of para-hydroxylation sites is 1. The first-order valence-corrected chi connectivity index (χ1v) is 12.3. The normalized spacial score (nSPS) is 22.9. The number of hydrogen-bond acceptors (Lipinski definition) is 2. The van der Waals surface area contributed by atoms with E-state index in [4.69, 9.17) is 0 Å². The monoisotopic (exact) mass is 423 g/mol. The van der Waals surface area contributed by atoms with Gasteiger partial charge < -0.3 is 0 Å². The molecule has 0 spiro atoms. The van der Waals surface area contributed by atoms with Crippen LogP contribution in [0.4, 0.5) is 5.69 Å². The molecule has 2 aromatic carbocycles. The second-order valence-electron chi connectivity index (χ2n) is 10.5. The van der Waals surface area contributed by atoms with E-state index in [2.05, 4.69) is 39.8 Å². The zero-order valence-electron chi connectivity index (χ0n) is 18.8. The van der Waals surface area contributed by atoms with Crippen molar-refractivity contribution in [3.63, 3.8) is 0 Å². The van der Waals surface area contributed by atoms with E-state index in [-0.39, 0.29) is 16.9 Å². The summed E-state index contributed by atoms with van der Waals surface area (Å²) in [6, 6.07) is 15.1. The van der Waals surface area contributed by atoms with Crippen molar-refractivity contribution < 1.29 is 8.42 Å². The Balaban J connectivity index is 1.87. The second kappa shape index (κ2) is 7.26. The van der Waals surface area contributed by atoms with Crippen LogP contribution in [0.2, 0.25) is 0 Å². The third-order valence-electron chi connectivity index (χ3n) is 6.40. The summed E-state index contributed by atoms with van der Waals surface area (Å²) in [6.07, 6.45) is 6.12. The molecule has 4 rings (SSSR count). The number of hydrogen-bond donors (Lipinski definition) is 0. The summed E-state index contributed by atoms with van der Waals surface area (Å²) in [5.41, 5.74) is 4.48. The van der Waals surface area contributed by atoms with Crippen LogP contribution >= 0.6 is 0 Å². The number of allylic oxidation sites excluding steroid dienone is 1. The Morgan fingerprint density at radius 2 is 1.63 bits per heavy atom. The van der Waals surface area contributed by atoms with Crippen LogP contribution in [0.15, 0.2) is 65.1 Å². The molecule has 1 heterocycles. The Morgan fingerprint density at radius 1 is 0.967 bits per heavy atom. The molecule has 0 amide bonds. The van der Waals surface area contributed by atoms with Gasteiger partial charge in [-0.1, -0.05) is 69.7 Å². The number of rotatable bonds is 3. The topological polar surface area (TPSA) is 37.4 Å². The number of anilines is 1. The average molecular weight is 424 g/mol. The molecule has 4 heteroatoms. The summed E-state index contributed by atoms with van der Waals surface area (Å²) in [6.45, 7) is 11.1. The van der Waals surface area contributed by atoms with Gasteiger partial charge in [-0.25, -0.2) is 8.42 Å². The summed E-state index contributed by atoms with van der Waals surface area (Å²) in [7, 11) is -3.67. The van der Waals surface area contributed by atoms with Gasteiger partial charge in [0.05, 0.1) is 16.6 Å². The first-order chi connectivity index (χ1) is 14.0.